The minimum atomic E-state index is 0.0468. The van der Waals surface area contributed by atoms with Crippen LogP contribution < -0.4 is 10.2 Å². The molecule has 1 aliphatic rings. The van der Waals surface area contributed by atoms with Crippen molar-refractivity contribution in [2.24, 2.45) is 0 Å². The Balaban J connectivity index is 1.97. The Morgan fingerprint density at radius 3 is 2.64 bits per heavy atom. The Hall–Kier alpha value is -2.34. The number of benzene rings is 1. The van der Waals surface area contributed by atoms with Crippen molar-refractivity contribution < 1.29 is 4.74 Å². The van der Waals surface area contributed by atoms with E-state index < -0.39 is 0 Å². The Labute approximate surface area is 130 Å². The van der Waals surface area contributed by atoms with Gasteiger partial charge in [0.2, 0.25) is 5.95 Å². The molecule has 1 atom stereocenters. The molecule has 0 saturated heterocycles. The Morgan fingerprint density at radius 2 is 2.00 bits per heavy atom. The van der Waals surface area contributed by atoms with Crippen molar-refractivity contribution >= 4 is 11.6 Å². The molecule has 2 heterocycles. The van der Waals surface area contributed by atoms with Gasteiger partial charge in [-0.25, -0.2) is 4.68 Å². The first-order valence-electron chi connectivity index (χ1n) is 7.25. The molecule has 1 aromatic heterocycles. The maximum absolute atomic E-state index is 5.13. The third kappa shape index (κ3) is 2.69. The lowest BCUT2D eigenvalue weighted by Gasteiger charge is -2.23. The third-order valence-electron chi connectivity index (χ3n) is 3.68. The molecule has 0 spiro atoms. The van der Waals surface area contributed by atoms with Gasteiger partial charge in [0.15, 0.2) is 5.82 Å². The molecule has 22 heavy (non-hydrogen) atoms. The minimum Gasteiger partial charge on any atom is -0.378 e. The highest BCUT2D eigenvalue weighted by atomic mass is 16.5. The van der Waals surface area contributed by atoms with E-state index in [1.807, 2.05) is 25.7 Å². The molecule has 0 bridgehead atoms. The van der Waals surface area contributed by atoms with Gasteiger partial charge in [-0.1, -0.05) is 12.1 Å². The number of allylic oxidation sites excluding steroid dienone is 2. The highest BCUT2D eigenvalue weighted by Crippen LogP contribution is 2.29. The molecule has 0 unspecified atom stereocenters. The van der Waals surface area contributed by atoms with E-state index in [9.17, 15) is 0 Å². The van der Waals surface area contributed by atoms with Gasteiger partial charge in [0.05, 0.1) is 0 Å². The van der Waals surface area contributed by atoms with Crippen LogP contribution in [0.3, 0.4) is 0 Å². The predicted octanol–water partition coefficient (Wildman–Crippen LogP) is 2.41. The standard InChI is InChI=1S/C16H21N5O/c1-11-9-14(12-5-7-13(8-6-12)20(2)3)21-16(17-11)18-15(19-21)10-22-4/h5-9,14H,10H2,1-4H3,(H,17,18,19)/t14-/m1/s1. The van der Waals surface area contributed by atoms with Crippen molar-refractivity contribution in [3.8, 4) is 0 Å². The minimum absolute atomic E-state index is 0.0468. The van der Waals surface area contributed by atoms with E-state index in [0.29, 0.717) is 12.4 Å². The van der Waals surface area contributed by atoms with Gasteiger partial charge in [-0.15, -0.1) is 0 Å². The summed E-state index contributed by atoms with van der Waals surface area (Å²) in [5, 5.41) is 7.81. The average molecular weight is 299 g/mol. The van der Waals surface area contributed by atoms with Crippen LogP contribution in [0.5, 0.6) is 0 Å². The molecule has 0 aliphatic carbocycles. The molecule has 3 rings (SSSR count). The van der Waals surface area contributed by atoms with E-state index in [4.69, 9.17) is 4.74 Å². The molecular weight excluding hydrogens is 278 g/mol. The summed E-state index contributed by atoms with van der Waals surface area (Å²) in [5.74, 6) is 1.44. The smallest absolute Gasteiger partial charge is 0.226 e. The summed E-state index contributed by atoms with van der Waals surface area (Å²) in [7, 11) is 5.72. The van der Waals surface area contributed by atoms with Crippen molar-refractivity contribution in [1.82, 2.24) is 14.8 Å². The zero-order chi connectivity index (χ0) is 15.7. The summed E-state index contributed by atoms with van der Waals surface area (Å²) in [5.41, 5.74) is 3.43. The lowest BCUT2D eigenvalue weighted by molar-refractivity contribution is 0.177. The van der Waals surface area contributed by atoms with E-state index >= 15 is 0 Å². The first kappa shape index (κ1) is 14.6. The van der Waals surface area contributed by atoms with Gasteiger partial charge >= 0.3 is 0 Å². The van der Waals surface area contributed by atoms with Crippen LogP contribution in [0.2, 0.25) is 0 Å². The van der Waals surface area contributed by atoms with Gasteiger partial charge in [-0.2, -0.15) is 10.1 Å². The fourth-order valence-electron chi connectivity index (χ4n) is 2.57. The molecule has 0 saturated carbocycles. The largest absolute Gasteiger partial charge is 0.378 e. The number of rotatable bonds is 4. The number of hydrogen-bond acceptors (Lipinski definition) is 5. The van der Waals surface area contributed by atoms with E-state index in [1.54, 1.807) is 7.11 Å². The molecule has 2 aromatic rings. The molecule has 1 N–H and O–H groups in total. The van der Waals surface area contributed by atoms with Crippen LogP contribution in [-0.4, -0.2) is 36.0 Å². The lowest BCUT2D eigenvalue weighted by atomic mass is 10.0. The normalized spacial score (nSPS) is 16.7. The van der Waals surface area contributed by atoms with Crippen LogP contribution in [0.15, 0.2) is 36.0 Å². The second-order valence-corrected chi connectivity index (χ2v) is 5.63. The number of aromatic nitrogens is 3. The molecule has 0 fully saturated rings. The molecule has 0 radical (unpaired) electrons. The number of ether oxygens (including phenoxy) is 1. The first-order valence-corrected chi connectivity index (χ1v) is 7.25. The van der Waals surface area contributed by atoms with Crippen molar-refractivity contribution in [2.75, 3.05) is 31.4 Å². The summed E-state index contributed by atoms with van der Waals surface area (Å²) in [6, 6.07) is 8.55. The summed E-state index contributed by atoms with van der Waals surface area (Å²) in [4.78, 5) is 6.57. The molecule has 0 amide bonds. The van der Waals surface area contributed by atoms with Crippen molar-refractivity contribution in [3.63, 3.8) is 0 Å². The van der Waals surface area contributed by atoms with E-state index in [1.165, 1.54) is 11.3 Å². The third-order valence-corrected chi connectivity index (χ3v) is 3.68. The molecule has 1 aromatic carbocycles. The zero-order valence-corrected chi connectivity index (χ0v) is 13.4. The monoisotopic (exact) mass is 299 g/mol. The average Bonchev–Trinajstić information content (AvgIpc) is 2.89. The first-order chi connectivity index (χ1) is 10.6. The maximum Gasteiger partial charge on any atom is 0.226 e. The molecule has 116 valence electrons. The predicted molar refractivity (Wildman–Crippen MR) is 87.0 cm³/mol. The van der Waals surface area contributed by atoms with Gasteiger partial charge in [-0.05, 0) is 30.7 Å². The molecule has 1 aliphatic heterocycles. The Kier molecular flexibility index (Phi) is 3.85. The maximum atomic E-state index is 5.13. The number of nitrogens with zero attached hydrogens (tertiary/aromatic N) is 4. The highest BCUT2D eigenvalue weighted by molar-refractivity contribution is 5.49. The zero-order valence-electron chi connectivity index (χ0n) is 13.4. The van der Waals surface area contributed by atoms with Crippen LogP contribution >= 0.6 is 0 Å². The summed E-state index contributed by atoms with van der Waals surface area (Å²) in [6.45, 7) is 2.45. The highest BCUT2D eigenvalue weighted by Gasteiger charge is 2.23. The van der Waals surface area contributed by atoms with Gasteiger partial charge in [0.1, 0.15) is 12.6 Å². The summed E-state index contributed by atoms with van der Waals surface area (Å²) in [6.07, 6.45) is 2.16. The van der Waals surface area contributed by atoms with Crippen LogP contribution in [0.1, 0.15) is 24.4 Å². The van der Waals surface area contributed by atoms with Crippen LogP contribution in [0, 0.1) is 0 Å². The fourth-order valence-corrected chi connectivity index (χ4v) is 2.57. The molecular formula is C16H21N5O. The number of hydrogen-bond donors (Lipinski definition) is 1. The second-order valence-electron chi connectivity index (χ2n) is 5.63. The second kappa shape index (κ2) is 5.81. The number of methoxy groups -OCH3 is 1. The summed E-state index contributed by atoms with van der Waals surface area (Å²) < 4.78 is 7.04. The number of fused-ring (bicyclic) bond motifs is 1. The van der Waals surface area contributed by atoms with E-state index in [0.717, 1.165) is 11.6 Å². The van der Waals surface area contributed by atoms with Crippen LogP contribution in [0.4, 0.5) is 11.6 Å². The van der Waals surface area contributed by atoms with E-state index in [2.05, 4.69) is 50.6 Å². The fraction of sp³-hybridized carbons (Fsp3) is 0.375. The van der Waals surface area contributed by atoms with Gasteiger partial charge in [0, 0.05) is 32.6 Å². The number of anilines is 2. The topological polar surface area (TPSA) is 55.2 Å². The van der Waals surface area contributed by atoms with Crippen molar-refractivity contribution in [1.29, 1.82) is 0 Å². The summed E-state index contributed by atoms with van der Waals surface area (Å²) >= 11 is 0. The SMILES string of the molecule is COCc1nc2n(n1)[C@@H](c1ccc(N(C)C)cc1)C=C(C)N2. The van der Waals surface area contributed by atoms with Crippen molar-refractivity contribution in [3.05, 3.63) is 47.4 Å². The lowest BCUT2D eigenvalue weighted by Crippen LogP contribution is -2.20. The quantitative estimate of drug-likeness (QED) is 0.939. The van der Waals surface area contributed by atoms with Gasteiger partial charge < -0.3 is 15.0 Å². The molecule has 6 nitrogen and oxygen atoms in total. The van der Waals surface area contributed by atoms with Gasteiger partial charge in [0.25, 0.3) is 0 Å². The van der Waals surface area contributed by atoms with E-state index in [-0.39, 0.29) is 6.04 Å². The Morgan fingerprint density at radius 1 is 1.27 bits per heavy atom. The van der Waals surface area contributed by atoms with Crippen LogP contribution in [-0.2, 0) is 11.3 Å². The Bertz CT molecular complexity index is 687. The van der Waals surface area contributed by atoms with Crippen LogP contribution in [0.25, 0.3) is 0 Å². The number of nitrogens with one attached hydrogen (secondary N) is 1. The molecule has 6 heteroatoms. The van der Waals surface area contributed by atoms with Gasteiger partial charge in [-0.3, -0.25) is 0 Å². The van der Waals surface area contributed by atoms with Crippen molar-refractivity contribution in [2.45, 2.75) is 19.6 Å².